The molecule has 0 saturated heterocycles. The van der Waals surface area contributed by atoms with Crippen molar-refractivity contribution in [2.45, 2.75) is 25.8 Å². The first-order valence-corrected chi connectivity index (χ1v) is 7.36. The monoisotopic (exact) mass is 292 g/mol. The summed E-state index contributed by atoms with van der Waals surface area (Å²) in [5, 5.41) is 6.17. The van der Waals surface area contributed by atoms with Crippen LogP contribution in [-0.2, 0) is 4.79 Å². The Bertz CT molecular complexity index is 486. The van der Waals surface area contributed by atoms with E-state index in [-0.39, 0.29) is 11.9 Å². The van der Waals surface area contributed by atoms with Gasteiger partial charge in [0.2, 0.25) is 5.91 Å². The lowest BCUT2D eigenvalue weighted by atomic mass is 10.1. The Morgan fingerprint density at radius 1 is 1.33 bits per heavy atom. The highest BCUT2D eigenvalue weighted by Crippen LogP contribution is 2.29. The molecular formula is C16H24N2O3. The van der Waals surface area contributed by atoms with Gasteiger partial charge < -0.3 is 20.1 Å². The van der Waals surface area contributed by atoms with E-state index in [0.29, 0.717) is 12.3 Å². The van der Waals surface area contributed by atoms with Gasteiger partial charge in [-0.2, -0.15) is 0 Å². The summed E-state index contributed by atoms with van der Waals surface area (Å²) in [5.74, 6) is 2.23. The number of rotatable bonds is 8. The molecule has 1 fully saturated rings. The first-order valence-electron chi connectivity index (χ1n) is 7.36. The predicted octanol–water partition coefficient (Wildman–Crippen LogP) is 1.88. The van der Waals surface area contributed by atoms with Gasteiger partial charge in [-0.25, -0.2) is 0 Å². The van der Waals surface area contributed by atoms with Gasteiger partial charge in [-0.05, 0) is 44.4 Å². The summed E-state index contributed by atoms with van der Waals surface area (Å²) in [7, 11) is 3.23. The van der Waals surface area contributed by atoms with E-state index in [4.69, 9.17) is 9.47 Å². The van der Waals surface area contributed by atoms with Crippen LogP contribution in [0.1, 0.15) is 31.4 Å². The number of nitrogens with one attached hydrogen (secondary N) is 2. The summed E-state index contributed by atoms with van der Waals surface area (Å²) >= 11 is 0. The lowest BCUT2D eigenvalue weighted by Gasteiger charge is -2.18. The van der Waals surface area contributed by atoms with Crippen molar-refractivity contribution in [1.29, 1.82) is 0 Å². The molecule has 1 saturated carbocycles. The second-order valence-electron chi connectivity index (χ2n) is 5.47. The number of carbonyl (C=O) groups excluding carboxylic acids is 1. The van der Waals surface area contributed by atoms with Crippen LogP contribution in [0.3, 0.4) is 0 Å². The molecule has 2 rings (SSSR count). The van der Waals surface area contributed by atoms with Crippen molar-refractivity contribution in [3.63, 3.8) is 0 Å². The molecule has 2 N–H and O–H groups in total. The Hall–Kier alpha value is -1.75. The van der Waals surface area contributed by atoms with Crippen molar-refractivity contribution < 1.29 is 14.3 Å². The molecule has 1 unspecified atom stereocenters. The van der Waals surface area contributed by atoms with E-state index in [1.807, 2.05) is 25.1 Å². The molecule has 0 radical (unpaired) electrons. The van der Waals surface area contributed by atoms with Crippen molar-refractivity contribution in [2.24, 2.45) is 5.92 Å². The van der Waals surface area contributed by atoms with Crippen molar-refractivity contribution >= 4 is 5.91 Å². The zero-order valence-corrected chi connectivity index (χ0v) is 12.9. The maximum Gasteiger partial charge on any atom is 0.234 e. The second-order valence-corrected chi connectivity index (χ2v) is 5.47. The van der Waals surface area contributed by atoms with E-state index in [0.717, 1.165) is 23.8 Å². The molecule has 5 heteroatoms. The Labute approximate surface area is 126 Å². The van der Waals surface area contributed by atoms with Crippen LogP contribution in [0.4, 0.5) is 0 Å². The maximum absolute atomic E-state index is 11.9. The third-order valence-corrected chi connectivity index (χ3v) is 3.70. The Kier molecular flexibility index (Phi) is 5.44. The summed E-state index contributed by atoms with van der Waals surface area (Å²) in [6, 6.07) is 5.50. The van der Waals surface area contributed by atoms with Gasteiger partial charge in [-0.3, -0.25) is 4.79 Å². The fraction of sp³-hybridized carbons (Fsp3) is 0.562. The average molecular weight is 292 g/mol. The van der Waals surface area contributed by atoms with Gasteiger partial charge in [0.15, 0.2) is 0 Å². The molecule has 5 nitrogen and oxygen atoms in total. The molecule has 1 amide bonds. The molecule has 0 heterocycles. The van der Waals surface area contributed by atoms with E-state index < -0.39 is 0 Å². The molecule has 1 aromatic rings. The third kappa shape index (κ3) is 4.63. The molecular weight excluding hydrogens is 268 g/mol. The number of hydrogen-bond acceptors (Lipinski definition) is 4. The number of ether oxygens (including phenoxy) is 2. The molecule has 0 aromatic heterocycles. The van der Waals surface area contributed by atoms with Gasteiger partial charge >= 0.3 is 0 Å². The summed E-state index contributed by atoms with van der Waals surface area (Å²) in [6.07, 6.45) is 2.57. The zero-order valence-electron chi connectivity index (χ0n) is 12.9. The maximum atomic E-state index is 11.9. The van der Waals surface area contributed by atoms with Gasteiger partial charge in [-0.15, -0.1) is 0 Å². The second kappa shape index (κ2) is 7.31. The van der Waals surface area contributed by atoms with Crippen LogP contribution in [0.2, 0.25) is 0 Å². The predicted molar refractivity (Wildman–Crippen MR) is 81.7 cm³/mol. The summed E-state index contributed by atoms with van der Waals surface area (Å²) < 4.78 is 10.5. The molecule has 0 aliphatic heterocycles. The van der Waals surface area contributed by atoms with Crippen LogP contribution in [-0.4, -0.2) is 33.2 Å². The van der Waals surface area contributed by atoms with Gasteiger partial charge in [0.1, 0.15) is 11.5 Å². The summed E-state index contributed by atoms with van der Waals surface area (Å²) in [6.45, 7) is 3.25. The SMILES string of the molecule is COc1ccc(C(C)NC(=O)CNCC2CC2)c(OC)c1. The van der Waals surface area contributed by atoms with Crippen LogP contribution in [0.5, 0.6) is 11.5 Å². The Balaban J connectivity index is 1.88. The zero-order chi connectivity index (χ0) is 15.2. The van der Waals surface area contributed by atoms with Crippen molar-refractivity contribution in [3.05, 3.63) is 23.8 Å². The van der Waals surface area contributed by atoms with Crippen molar-refractivity contribution in [1.82, 2.24) is 10.6 Å². The molecule has 1 aliphatic rings. The lowest BCUT2D eigenvalue weighted by molar-refractivity contribution is -0.120. The van der Waals surface area contributed by atoms with Crippen LogP contribution in [0.25, 0.3) is 0 Å². The fourth-order valence-electron chi connectivity index (χ4n) is 2.26. The molecule has 1 aromatic carbocycles. The number of hydrogen-bond donors (Lipinski definition) is 2. The van der Waals surface area contributed by atoms with Crippen LogP contribution >= 0.6 is 0 Å². The highest BCUT2D eigenvalue weighted by Gasteiger charge is 2.21. The Morgan fingerprint density at radius 2 is 2.10 bits per heavy atom. The van der Waals surface area contributed by atoms with Crippen LogP contribution in [0.15, 0.2) is 18.2 Å². The highest BCUT2D eigenvalue weighted by atomic mass is 16.5. The minimum atomic E-state index is -0.110. The van der Waals surface area contributed by atoms with E-state index in [2.05, 4.69) is 10.6 Å². The molecule has 0 spiro atoms. The third-order valence-electron chi connectivity index (χ3n) is 3.70. The first kappa shape index (κ1) is 15.6. The first-order chi connectivity index (χ1) is 10.1. The van der Waals surface area contributed by atoms with E-state index in [1.165, 1.54) is 12.8 Å². The van der Waals surface area contributed by atoms with E-state index in [9.17, 15) is 4.79 Å². The van der Waals surface area contributed by atoms with Crippen molar-refractivity contribution in [3.8, 4) is 11.5 Å². The normalized spacial score (nSPS) is 15.4. The molecule has 21 heavy (non-hydrogen) atoms. The standard InChI is InChI=1S/C16H24N2O3/c1-11(18-16(19)10-17-9-12-4-5-12)14-7-6-13(20-2)8-15(14)21-3/h6-8,11-12,17H,4-5,9-10H2,1-3H3,(H,18,19). The highest BCUT2D eigenvalue weighted by molar-refractivity contribution is 5.78. The molecule has 0 bridgehead atoms. The fourth-order valence-corrected chi connectivity index (χ4v) is 2.26. The molecule has 116 valence electrons. The minimum absolute atomic E-state index is 0.000945. The average Bonchev–Trinajstić information content (AvgIpc) is 3.30. The quantitative estimate of drug-likeness (QED) is 0.768. The summed E-state index contributed by atoms with van der Waals surface area (Å²) in [4.78, 5) is 11.9. The topological polar surface area (TPSA) is 59.6 Å². The van der Waals surface area contributed by atoms with Gasteiger partial charge in [0, 0.05) is 11.6 Å². The number of amides is 1. The Morgan fingerprint density at radius 3 is 2.71 bits per heavy atom. The van der Waals surface area contributed by atoms with Crippen LogP contribution < -0.4 is 20.1 Å². The van der Waals surface area contributed by atoms with Crippen LogP contribution in [0, 0.1) is 5.92 Å². The smallest absolute Gasteiger partial charge is 0.234 e. The summed E-state index contributed by atoms with van der Waals surface area (Å²) in [5.41, 5.74) is 0.939. The van der Waals surface area contributed by atoms with Gasteiger partial charge in [-0.1, -0.05) is 0 Å². The molecule has 1 atom stereocenters. The van der Waals surface area contributed by atoms with Gasteiger partial charge in [0.25, 0.3) is 0 Å². The number of benzene rings is 1. The minimum Gasteiger partial charge on any atom is -0.497 e. The van der Waals surface area contributed by atoms with E-state index in [1.54, 1.807) is 14.2 Å². The largest absolute Gasteiger partial charge is 0.497 e. The van der Waals surface area contributed by atoms with Crippen molar-refractivity contribution in [2.75, 3.05) is 27.3 Å². The number of carbonyl (C=O) groups is 1. The van der Waals surface area contributed by atoms with Gasteiger partial charge in [0.05, 0.1) is 26.8 Å². The van der Waals surface area contributed by atoms with E-state index >= 15 is 0 Å². The molecule has 1 aliphatic carbocycles. The lowest BCUT2D eigenvalue weighted by Crippen LogP contribution is -2.36. The number of methoxy groups -OCH3 is 2.